The highest BCUT2D eigenvalue weighted by Crippen LogP contribution is 2.48. The Morgan fingerprint density at radius 1 is 1.17 bits per heavy atom. The van der Waals surface area contributed by atoms with E-state index in [0.717, 1.165) is 25.7 Å². The van der Waals surface area contributed by atoms with Crippen molar-refractivity contribution < 1.29 is 10.2 Å². The topological polar surface area (TPSA) is 43.7 Å². The van der Waals surface area contributed by atoms with E-state index in [1.54, 1.807) is 5.57 Å². The van der Waals surface area contributed by atoms with Gasteiger partial charge in [-0.1, -0.05) is 60.1 Å². The number of allylic oxidation sites excluding steroid dienone is 2. The lowest BCUT2D eigenvalue weighted by molar-refractivity contribution is 0.139. The molecule has 30 heavy (non-hydrogen) atoms. The summed E-state index contributed by atoms with van der Waals surface area (Å²) >= 11 is 0. The zero-order valence-electron chi connectivity index (χ0n) is 19.1. The van der Waals surface area contributed by atoms with E-state index >= 15 is 0 Å². The molecule has 1 aromatic carbocycles. The smallest absolute Gasteiger partial charge is 0.0724 e. The third-order valence-electron chi connectivity index (χ3n) is 6.92. The second kappa shape index (κ2) is 11.3. The molecule has 166 valence electrons. The normalized spacial score (nSPS) is 27.1. The molecule has 3 nitrogen and oxygen atoms in total. The van der Waals surface area contributed by atoms with Crippen LogP contribution in [0.4, 0.5) is 0 Å². The van der Waals surface area contributed by atoms with Crippen LogP contribution in [0.1, 0.15) is 56.1 Å². The van der Waals surface area contributed by atoms with Gasteiger partial charge >= 0.3 is 0 Å². The molecule has 0 saturated heterocycles. The van der Waals surface area contributed by atoms with Crippen LogP contribution in [0, 0.1) is 24.7 Å². The number of hydrogen-bond acceptors (Lipinski definition) is 3. The minimum Gasteiger partial charge on any atom is -0.392 e. The van der Waals surface area contributed by atoms with Gasteiger partial charge in [-0.25, -0.2) is 0 Å². The molecule has 0 spiro atoms. The number of benzene rings is 1. The minimum absolute atomic E-state index is 0.186. The predicted octanol–water partition coefficient (Wildman–Crippen LogP) is 4.91. The van der Waals surface area contributed by atoms with Crippen molar-refractivity contribution in [2.24, 2.45) is 17.8 Å². The van der Waals surface area contributed by atoms with Gasteiger partial charge in [-0.15, -0.1) is 0 Å². The number of aliphatic hydroxyl groups is 2. The Kier molecular flexibility index (Phi) is 8.73. The summed E-state index contributed by atoms with van der Waals surface area (Å²) < 4.78 is 0. The van der Waals surface area contributed by atoms with E-state index in [0.29, 0.717) is 11.8 Å². The number of hydrogen-bond donors (Lipinski definition) is 2. The molecule has 3 heteroatoms. The Morgan fingerprint density at radius 2 is 2.00 bits per heavy atom. The van der Waals surface area contributed by atoms with Gasteiger partial charge in [0.1, 0.15) is 0 Å². The van der Waals surface area contributed by atoms with Gasteiger partial charge in [-0.3, -0.25) is 0 Å². The molecule has 0 radical (unpaired) electrons. The van der Waals surface area contributed by atoms with Crippen molar-refractivity contribution in [1.82, 2.24) is 4.90 Å². The average molecular weight is 412 g/mol. The molecule has 0 aliphatic heterocycles. The van der Waals surface area contributed by atoms with Gasteiger partial charge in [0.05, 0.1) is 12.2 Å². The first-order valence-electron chi connectivity index (χ1n) is 11.9. The zero-order chi connectivity index (χ0) is 21.5. The Labute approximate surface area is 183 Å². The minimum atomic E-state index is -0.442. The lowest BCUT2D eigenvalue weighted by Crippen LogP contribution is -2.18. The summed E-state index contributed by atoms with van der Waals surface area (Å²) in [6.45, 7) is 3.28. The molecule has 2 aliphatic carbocycles. The zero-order valence-corrected chi connectivity index (χ0v) is 19.1. The molecule has 0 aromatic heterocycles. The number of nitrogens with zero attached hydrogens (tertiary/aromatic N) is 1. The highest BCUT2D eigenvalue weighted by molar-refractivity contribution is 5.23. The first-order chi connectivity index (χ1) is 14.4. The van der Waals surface area contributed by atoms with E-state index in [-0.39, 0.29) is 12.0 Å². The second-order valence-corrected chi connectivity index (χ2v) is 9.83. The van der Waals surface area contributed by atoms with E-state index < -0.39 is 6.10 Å². The van der Waals surface area contributed by atoms with Gasteiger partial charge in [0, 0.05) is 5.92 Å². The van der Waals surface area contributed by atoms with E-state index in [1.165, 1.54) is 43.4 Å². The van der Waals surface area contributed by atoms with Crippen molar-refractivity contribution >= 4 is 0 Å². The van der Waals surface area contributed by atoms with Gasteiger partial charge in [-0.05, 0) is 89.9 Å². The van der Waals surface area contributed by atoms with Crippen LogP contribution in [0.2, 0.25) is 0 Å². The fourth-order valence-electron chi connectivity index (χ4n) is 5.28. The van der Waals surface area contributed by atoms with E-state index in [2.05, 4.69) is 62.3 Å². The maximum atomic E-state index is 10.6. The van der Waals surface area contributed by atoms with Crippen molar-refractivity contribution in [3.8, 4) is 0 Å². The van der Waals surface area contributed by atoms with Crippen LogP contribution in [0.25, 0.3) is 0 Å². The standard InChI is InChI=1S/C27H41NO2/c1-20-8-7-10-21(16-20)11-12-24(29)13-14-25-26-18-22(17-23(26)19-27(25)30)9-5-4-6-15-28(2)3/h7-8,10,13-14,16-17,23-27,29-30H,4-6,9,11-12,15,18-19H2,1-3H3/t23-,24-,25+,26-,27+/m0/s1. The van der Waals surface area contributed by atoms with Crippen LogP contribution >= 0.6 is 0 Å². The molecule has 5 atom stereocenters. The first kappa shape index (κ1) is 23.2. The van der Waals surface area contributed by atoms with Gasteiger partial charge < -0.3 is 15.1 Å². The maximum absolute atomic E-state index is 10.6. The van der Waals surface area contributed by atoms with Gasteiger partial charge in [0.15, 0.2) is 0 Å². The van der Waals surface area contributed by atoms with E-state index in [9.17, 15) is 10.2 Å². The van der Waals surface area contributed by atoms with Gasteiger partial charge in [0.2, 0.25) is 0 Å². The lowest BCUT2D eigenvalue weighted by atomic mass is 9.88. The van der Waals surface area contributed by atoms with E-state index in [4.69, 9.17) is 0 Å². The summed E-state index contributed by atoms with van der Waals surface area (Å²) in [6, 6.07) is 8.50. The van der Waals surface area contributed by atoms with Gasteiger partial charge in [-0.2, -0.15) is 0 Å². The van der Waals surface area contributed by atoms with Crippen molar-refractivity contribution in [2.45, 2.75) is 70.5 Å². The highest BCUT2D eigenvalue weighted by atomic mass is 16.3. The number of aliphatic hydroxyl groups excluding tert-OH is 2. The summed E-state index contributed by atoms with van der Waals surface area (Å²) in [5, 5.41) is 21.0. The molecular formula is C27H41NO2. The summed E-state index contributed by atoms with van der Waals surface area (Å²) in [4.78, 5) is 2.26. The average Bonchev–Trinajstić information content (AvgIpc) is 3.20. The molecule has 1 aromatic rings. The molecule has 0 bridgehead atoms. The van der Waals surface area contributed by atoms with Crippen molar-refractivity contribution in [3.63, 3.8) is 0 Å². The monoisotopic (exact) mass is 411 g/mol. The van der Waals surface area contributed by atoms with Crippen molar-refractivity contribution in [3.05, 3.63) is 59.2 Å². The fraction of sp³-hybridized carbons (Fsp3) is 0.630. The third-order valence-corrected chi connectivity index (χ3v) is 6.92. The van der Waals surface area contributed by atoms with Crippen molar-refractivity contribution in [1.29, 1.82) is 0 Å². The third kappa shape index (κ3) is 6.80. The van der Waals surface area contributed by atoms with Crippen LogP contribution in [0.15, 0.2) is 48.1 Å². The Balaban J connectivity index is 1.43. The molecule has 2 N–H and O–H groups in total. The SMILES string of the molecule is Cc1cccc(CC[C@H](O)C=C[C@@H]2[C@H]3CC(CCCCCN(C)C)=C[C@H]3C[C@H]2O)c1. The highest BCUT2D eigenvalue weighted by Gasteiger charge is 2.43. The second-order valence-electron chi connectivity index (χ2n) is 9.83. The fourth-order valence-corrected chi connectivity index (χ4v) is 5.28. The summed E-state index contributed by atoms with van der Waals surface area (Å²) in [5.74, 6) is 1.24. The maximum Gasteiger partial charge on any atom is 0.0724 e. The number of fused-ring (bicyclic) bond motifs is 1. The number of unbranched alkanes of at least 4 members (excludes halogenated alkanes) is 2. The number of aryl methyl sites for hydroxylation is 2. The summed E-state index contributed by atoms with van der Waals surface area (Å²) in [6.07, 6.45) is 14.5. The molecule has 2 aliphatic rings. The summed E-state index contributed by atoms with van der Waals surface area (Å²) in [5.41, 5.74) is 4.14. The van der Waals surface area contributed by atoms with Gasteiger partial charge in [0.25, 0.3) is 0 Å². The van der Waals surface area contributed by atoms with Crippen LogP contribution in [-0.4, -0.2) is 48.0 Å². The largest absolute Gasteiger partial charge is 0.392 e. The molecule has 1 fully saturated rings. The van der Waals surface area contributed by atoms with Crippen LogP contribution < -0.4 is 0 Å². The molecular weight excluding hydrogens is 370 g/mol. The van der Waals surface area contributed by atoms with Crippen LogP contribution in [-0.2, 0) is 6.42 Å². The van der Waals surface area contributed by atoms with Crippen molar-refractivity contribution in [2.75, 3.05) is 20.6 Å². The lowest BCUT2D eigenvalue weighted by Gasteiger charge is -2.19. The quantitative estimate of drug-likeness (QED) is 0.402. The predicted molar refractivity (Wildman–Crippen MR) is 125 cm³/mol. The Hall–Kier alpha value is -1.42. The Morgan fingerprint density at radius 3 is 2.77 bits per heavy atom. The molecule has 1 saturated carbocycles. The number of rotatable bonds is 11. The molecule has 0 unspecified atom stereocenters. The van der Waals surface area contributed by atoms with E-state index in [1.807, 2.05) is 6.08 Å². The molecule has 3 rings (SSSR count). The summed E-state index contributed by atoms with van der Waals surface area (Å²) in [7, 11) is 4.28. The first-order valence-corrected chi connectivity index (χ1v) is 11.9. The Bertz CT molecular complexity index is 723. The van der Waals surface area contributed by atoms with Crippen LogP contribution in [0.5, 0.6) is 0 Å². The molecule has 0 amide bonds. The molecule has 0 heterocycles. The van der Waals surface area contributed by atoms with Crippen LogP contribution in [0.3, 0.4) is 0 Å².